The summed E-state index contributed by atoms with van der Waals surface area (Å²) in [4.78, 5) is 23.5. The SMILES string of the molecule is CC(=O)Nc1ccc(-c2ccccc2)c(S(=O)(=O)CNC(=O)Nc2ccccc2)c1. The van der Waals surface area contributed by atoms with Crippen LogP contribution < -0.4 is 16.0 Å². The molecule has 0 saturated carbocycles. The maximum atomic E-state index is 13.1. The van der Waals surface area contributed by atoms with Gasteiger partial charge in [0.2, 0.25) is 5.91 Å². The first-order chi connectivity index (χ1) is 14.3. The molecule has 0 saturated heterocycles. The van der Waals surface area contributed by atoms with Crippen LogP contribution in [0.2, 0.25) is 0 Å². The van der Waals surface area contributed by atoms with E-state index in [0.717, 1.165) is 0 Å². The van der Waals surface area contributed by atoms with Gasteiger partial charge in [-0.2, -0.15) is 0 Å². The highest BCUT2D eigenvalue weighted by Gasteiger charge is 2.21. The maximum absolute atomic E-state index is 13.1. The van der Waals surface area contributed by atoms with E-state index in [0.29, 0.717) is 22.5 Å². The molecule has 0 radical (unpaired) electrons. The minimum absolute atomic E-state index is 0.0139. The first kappa shape index (κ1) is 21.1. The number of benzene rings is 3. The zero-order valence-corrected chi connectivity index (χ0v) is 17.1. The van der Waals surface area contributed by atoms with Gasteiger partial charge in [-0.1, -0.05) is 54.6 Å². The lowest BCUT2D eigenvalue weighted by atomic mass is 10.1. The van der Waals surface area contributed by atoms with Crippen LogP contribution in [-0.4, -0.2) is 26.2 Å². The number of hydrogen-bond donors (Lipinski definition) is 3. The molecule has 0 bridgehead atoms. The molecule has 0 spiro atoms. The van der Waals surface area contributed by atoms with Gasteiger partial charge < -0.3 is 16.0 Å². The summed E-state index contributed by atoms with van der Waals surface area (Å²) in [5.41, 5.74) is 2.09. The Labute approximate surface area is 175 Å². The van der Waals surface area contributed by atoms with Gasteiger partial charge in [-0.05, 0) is 29.8 Å². The molecule has 7 nitrogen and oxygen atoms in total. The maximum Gasteiger partial charge on any atom is 0.320 e. The smallest absolute Gasteiger partial charge is 0.320 e. The van der Waals surface area contributed by atoms with Crippen molar-refractivity contribution in [1.82, 2.24) is 5.32 Å². The number of amides is 3. The molecule has 0 atom stereocenters. The van der Waals surface area contributed by atoms with Crippen molar-refractivity contribution >= 4 is 33.2 Å². The van der Waals surface area contributed by atoms with Crippen LogP contribution in [0.25, 0.3) is 11.1 Å². The topological polar surface area (TPSA) is 104 Å². The molecule has 0 aromatic heterocycles. The van der Waals surface area contributed by atoms with E-state index in [4.69, 9.17) is 0 Å². The Kier molecular flexibility index (Phi) is 6.48. The molecule has 8 heteroatoms. The third kappa shape index (κ3) is 5.45. The normalized spacial score (nSPS) is 10.8. The minimum Gasteiger partial charge on any atom is -0.326 e. The Morgan fingerprint density at radius 2 is 1.43 bits per heavy atom. The highest BCUT2D eigenvalue weighted by Crippen LogP contribution is 2.30. The predicted molar refractivity (Wildman–Crippen MR) is 117 cm³/mol. The number of sulfone groups is 1. The van der Waals surface area contributed by atoms with Crippen LogP contribution in [0.4, 0.5) is 16.2 Å². The monoisotopic (exact) mass is 423 g/mol. The van der Waals surface area contributed by atoms with Gasteiger partial charge in [0.05, 0.1) is 4.90 Å². The van der Waals surface area contributed by atoms with E-state index in [-0.39, 0.29) is 10.8 Å². The largest absolute Gasteiger partial charge is 0.326 e. The van der Waals surface area contributed by atoms with Gasteiger partial charge in [-0.15, -0.1) is 0 Å². The van der Waals surface area contributed by atoms with Crippen molar-refractivity contribution in [3.63, 3.8) is 0 Å². The molecule has 0 heterocycles. The quantitative estimate of drug-likeness (QED) is 0.560. The van der Waals surface area contributed by atoms with Gasteiger partial charge in [0.1, 0.15) is 5.88 Å². The zero-order chi connectivity index (χ0) is 21.6. The van der Waals surface area contributed by atoms with Gasteiger partial charge in [-0.3, -0.25) is 4.79 Å². The summed E-state index contributed by atoms with van der Waals surface area (Å²) in [5.74, 6) is -0.916. The molecule has 0 aliphatic carbocycles. The standard InChI is InChI=1S/C22H21N3O4S/c1-16(26)24-19-12-13-20(17-8-4-2-5-9-17)21(14-19)30(28,29)15-23-22(27)25-18-10-6-3-7-11-18/h2-14H,15H2,1H3,(H,24,26)(H2,23,25,27). The number of rotatable bonds is 6. The molecular formula is C22H21N3O4S. The first-order valence-corrected chi connectivity index (χ1v) is 10.8. The molecule has 3 aromatic carbocycles. The van der Waals surface area contributed by atoms with E-state index in [2.05, 4.69) is 16.0 Å². The number of urea groups is 1. The molecule has 3 N–H and O–H groups in total. The number of nitrogens with one attached hydrogen (secondary N) is 3. The zero-order valence-electron chi connectivity index (χ0n) is 16.3. The highest BCUT2D eigenvalue weighted by atomic mass is 32.2. The van der Waals surface area contributed by atoms with Crippen molar-refractivity contribution in [2.75, 3.05) is 16.5 Å². The van der Waals surface area contributed by atoms with Crippen LogP contribution >= 0.6 is 0 Å². The highest BCUT2D eigenvalue weighted by molar-refractivity contribution is 7.91. The number of carbonyl (C=O) groups excluding carboxylic acids is 2. The lowest BCUT2D eigenvalue weighted by Crippen LogP contribution is -2.33. The van der Waals surface area contributed by atoms with Crippen LogP contribution in [0.5, 0.6) is 0 Å². The average Bonchev–Trinajstić information content (AvgIpc) is 2.73. The number of hydrogen-bond acceptors (Lipinski definition) is 4. The molecule has 3 rings (SSSR count). The minimum atomic E-state index is -3.91. The molecule has 0 aliphatic rings. The van der Waals surface area contributed by atoms with Crippen molar-refractivity contribution < 1.29 is 18.0 Å². The fourth-order valence-corrected chi connectivity index (χ4v) is 4.16. The van der Waals surface area contributed by atoms with E-state index in [9.17, 15) is 18.0 Å². The van der Waals surface area contributed by atoms with Gasteiger partial charge in [0.15, 0.2) is 9.84 Å². The number of anilines is 2. The fraction of sp³-hybridized carbons (Fsp3) is 0.0909. The molecular weight excluding hydrogens is 402 g/mol. The number of para-hydroxylation sites is 1. The van der Waals surface area contributed by atoms with Crippen LogP contribution in [0.1, 0.15) is 6.92 Å². The second-order valence-electron chi connectivity index (χ2n) is 6.51. The van der Waals surface area contributed by atoms with Crippen molar-refractivity contribution in [2.45, 2.75) is 11.8 Å². The summed E-state index contributed by atoms with van der Waals surface area (Å²) in [7, 11) is -3.91. The third-order valence-electron chi connectivity index (χ3n) is 4.18. The summed E-state index contributed by atoms with van der Waals surface area (Å²) in [6.45, 7) is 1.34. The second-order valence-corrected chi connectivity index (χ2v) is 8.47. The molecule has 154 valence electrons. The Balaban J connectivity index is 1.87. The van der Waals surface area contributed by atoms with Crippen LogP contribution in [0.3, 0.4) is 0 Å². The van der Waals surface area contributed by atoms with Crippen LogP contribution in [0, 0.1) is 0 Å². The Bertz CT molecular complexity index is 1150. The number of carbonyl (C=O) groups is 2. The Hall–Kier alpha value is -3.65. The summed E-state index contributed by atoms with van der Waals surface area (Å²) in [5, 5.41) is 7.55. The van der Waals surface area contributed by atoms with Crippen molar-refractivity contribution in [1.29, 1.82) is 0 Å². The summed E-state index contributed by atoms with van der Waals surface area (Å²) < 4.78 is 26.1. The second kappa shape index (κ2) is 9.23. The summed E-state index contributed by atoms with van der Waals surface area (Å²) in [6, 6.07) is 21.8. The third-order valence-corrected chi connectivity index (χ3v) is 5.71. The lowest BCUT2D eigenvalue weighted by Gasteiger charge is -2.14. The molecule has 3 amide bonds. The van der Waals surface area contributed by atoms with E-state index >= 15 is 0 Å². The molecule has 3 aromatic rings. The Morgan fingerprint density at radius 1 is 0.800 bits per heavy atom. The summed E-state index contributed by atoms with van der Waals surface area (Å²) >= 11 is 0. The van der Waals surface area contributed by atoms with E-state index in [1.54, 1.807) is 66.7 Å². The molecule has 0 fully saturated rings. The van der Waals surface area contributed by atoms with Crippen LogP contribution in [-0.2, 0) is 14.6 Å². The van der Waals surface area contributed by atoms with E-state index in [1.165, 1.54) is 13.0 Å². The summed E-state index contributed by atoms with van der Waals surface area (Å²) in [6.07, 6.45) is 0. The van der Waals surface area contributed by atoms with Gasteiger partial charge >= 0.3 is 6.03 Å². The van der Waals surface area contributed by atoms with E-state index in [1.807, 2.05) is 6.07 Å². The fourth-order valence-electron chi connectivity index (χ4n) is 2.85. The van der Waals surface area contributed by atoms with E-state index < -0.39 is 21.7 Å². The van der Waals surface area contributed by atoms with Gasteiger partial charge in [0, 0.05) is 23.9 Å². The van der Waals surface area contributed by atoms with Gasteiger partial charge in [0.25, 0.3) is 0 Å². The first-order valence-electron chi connectivity index (χ1n) is 9.15. The van der Waals surface area contributed by atoms with Crippen molar-refractivity contribution in [2.24, 2.45) is 0 Å². The Morgan fingerprint density at radius 3 is 2.07 bits per heavy atom. The molecule has 0 unspecified atom stereocenters. The molecule has 30 heavy (non-hydrogen) atoms. The molecule has 0 aliphatic heterocycles. The van der Waals surface area contributed by atoms with Gasteiger partial charge in [-0.25, -0.2) is 13.2 Å². The van der Waals surface area contributed by atoms with Crippen LogP contribution in [0.15, 0.2) is 83.8 Å². The average molecular weight is 423 g/mol. The van der Waals surface area contributed by atoms with Crippen molar-refractivity contribution in [3.05, 3.63) is 78.9 Å². The lowest BCUT2D eigenvalue weighted by molar-refractivity contribution is -0.114. The predicted octanol–water partition coefficient (Wildman–Crippen LogP) is 3.86. The van der Waals surface area contributed by atoms with Crippen molar-refractivity contribution in [3.8, 4) is 11.1 Å².